The summed E-state index contributed by atoms with van der Waals surface area (Å²) in [6.45, 7) is 0.899. The van der Waals surface area contributed by atoms with Crippen LogP contribution >= 0.6 is 11.3 Å². The molecule has 1 aliphatic heterocycles. The van der Waals surface area contributed by atoms with Crippen LogP contribution in [-0.2, 0) is 6.18 Å². The van der Waals surface area contributed by atoms with Crippen molar-refractivity contribution in [1.29, 1.82) is 0 Å². The van der Waals surface area contributed by atoms with Gasteiger partial charge in [0.1, 0.15) is 10.7 Å². The van der Waals surface area contributed by atoms with Crippen LogP contribution in [-0.4, -0.2) is 46.5 Å². The summed E-state index contributed by atoms with van der Waals surface area (Å²) in [5, 5.41) is 12.2. The molecule has 1 amide bonds. The van der Waals surface area contributed by atoms with Crippen molar-refractivity contribution < 1.29 is 22.8 Å². The number of alkyl halides is 3. The van der Waals surface area contributed by atoms with Gasteiger partial charge in [-0.2, -0.15) is 23.4 Å². The number of halogens is 3. The number of nitrogens with zero attached hydrogens (tertiary/aromatic N) is 4. The van der Waals surface area contributed by atoms with Crippen molar-refractivity contribution in [3.63, 3.8) is 0 Å². The summed E-state index contributed by atoms with van der Waals surface area (Å²) in [6, 6.07) is 12.0. The summed E-state index contributed by atoms with van der Waals surface area (Å²) >= 11 is 1.20. The zero-order valence-electron chi connectivity index (χ0n) is 21.2. The third kappa shape index (κ3) is 5.73. The predicted octanol–water partition coefficient (Wildman–Crippen LogP) is 5.28. The molecule has 2 aromatic carbocycles. The number of rotatable bonds is 7. The second kappa shape index (κ2) is 11.5. The molecule has 0 unspecified atom stereocenters. The molecule has 12 heteroatoms. The van der Waals surface area contributed by atoms with E-state index in [2.05, 4.69) is 20.5 Å². The van der Waals surface area contributed by atoms with Gasteiger partial charge in [-0.15, -0.1) is 11.3 Å². The van der Waals surface area contributed by atoms with Crippen molar-refractivity contribution in [2.75, 3.05) is 29.9 Å². The van der Waals surface area contributed by atoms with Crippen molar-refractivity contribution in [3.05, 3.63) is 88.7 Å². The number of hydrogen-bond donors (Lipinski definition) is 2. The van der Waals surface area contributed by atoms with Crippen LogP contribution in [0.25, 0.3) is 10.6 Å². The Hall–Kier alpha value is -4.16. The van der Waals surface area contributed by atoms with Gasteiger partial charge in [-0.05, 0) is 43.5 Å². The molecule has 0 bridgehead atoms. The van der Waals surface area contributed by atoms with Gasteiger partial charge in [0.2, 0.25) is 0 Å². The molecule has 0 saturated carbocycles. The first-order chi connectivity index (χ1) is 19.3. The lowest BCUT2D eigenvalue weighted by molar-refractivity contribution is -0.137. The lowest BCUT2D eigenvalue weighted by atomic mass is 9.92. The fourth-order valence-electron chi connectivity index (χ4n) is 4.82. The standard InChI is InChI=1S/C28H25F3N6O2S/c29-28(30,31)23-20(25(38)18-6-2-1-3-7-18)8-9-21(24(23)37-12-4-5-17(13-32)15-37)35-26(39)22-16-40-27(36-22)19-10-11-33-34-14-19/h1-3,6-11,14,16-17H,4-5,12-13,15,32H2,(H,35,39)/t17-/m0/s1. The Labute approximate surface area is 232 Å². The molecule has 1 fully saturated rings. The molecule has 0 radical (unpaired) electrons. The Morgan fingerprint density at radius 1 is 1.10 bits per heavy atom. The number of benzene rings is 2. The first kappa shape index (κ1) is 27.4. The number of piperidine rings is 1. The number of hydrogen-bond acceptors (Lipinski definition) is 8. The Bertz CT molecular complexity index is 1510. The zero-order valence-corrected chi connectivity index (χ0v) is 22.0. The van der Waals surface area contributed by atoms with Gasteiger partial charge in [0, 0.05) is 35.2 Å². The molecule has 4 aromatic rings. The highest BCUT2D eigenvalue weighted by Gasteiger charge is 2.41. The van der Waals surface area contributed by atoms with Crippen LogP contribution < -0.4 is 16.0 Å². The number of carbonyl (C=O) groups is 2. The van der Waals surface area contributed by atoms with Crippen LogP contribution in [0.1, 0.15) is 44.8 Å². The van der Waals surface area contributed by atoms with Gasteiger partial charge in [-0.3, -0.25) is 9.59 Å². The van der Waals surface area contributed by atoms with Gasteiger partial charge in [-0.25, -0.2) is 4.98 Å². The van der Waals surface area contributed by atoms with E-state index >= 15 is 0 Å². The van der Waals surface area contributed by atoms with Crippen LogP contribution in [0.5, 0.6) is 0 Å². The average Bonchev–Trinajstić information content (AvgIpc) is 3.48. The van der Waals surface area contributed by atoms with E-state index in [1.807, 2.05) is 0 Å². The normalized spacial score (nSPS) is 15.6. The second-order valence-corrected chi connectivity index (χ2v) is 10.2. The van der Waals surface area contributed by atoms with Crippen molar-refractivity contribution in [3.8, 4) is 10.6 Å². The highest BCUT2D eigenvalue weighted by molar-refractivity contribution is 7.13. The maximum absolute atomic E-state index is 14.8. The summed E-state index contributed by atoms with van der Waals surface area (Å²) < 4.78 is 44.4. The maximum Gasteiger partial charge on any atom is 0.419 e. The molecule has 8 nitrogen and oxygen atoms in total. The minimum atomic E-state index is -4.88. The van der Waals surface area contributed by atoms with E-state index in [1.165, 1.54) is 47.3 Å². The minimum Gasteiger partial charge on any atom is -0.369 e. The first-order valence-electron chi connectivity index (χ1n) is 12.6. The van der Waals surface area contributed by atoms with Crippen LogP contribution in [0.3, 0.4) is 0 Å². The average molecular weight is 567 g/mol. The summed E-state index contributed by atoms with van der Waals surface area (Å²) in [6.07, 6.45) is -0.482. The fourth-order valence-corrected chi connectivity index (χ4v) is 5.61. The van der Waals surface area contributed by atoms with Crippen molar-refractivity contribution in [1.82, 2.24) is 15.2 Å². The smallest absolute Gasteiger partial charge is 0.369 e. The van der Waals surface area contributed by atoms with E-state index in [0.717, 1.165) is 12.5 Å². The number of carbonyl (C=O) groups excluding carboxylic acids is 2. The Balaban J connectivity index is 1.59. The molecule has 2 aromatic heterocycles. The third-order valence-electron chi connectivity index (χ3n) is 6.73. The van der Waals surface area contributed by atoms with Crippen molar-refractivity contribution in [2.24, 2.45) is 11.7 Å². The molecule has 40 heavy (non-hydrogen) atoms. The number of nitrogens with one attached hydrogen (secondary N) is 1. The predicted molar refractivity (Wildman–Crippen MR) is 146 cm³/mol. The number of thiazole rings is 1. The van der Waals surface area contributed by atoms with Crippen molar-refractivity contribution >= 4 is 34.4 Å². The molecule has 1 saturated heterocycles. The quantitative estimate of drug-likeness (QED) is 0.293. The molecule has 1 aliphatic rings. The van der Waals surface area contributed by atoms with Crippen LogP contribution in [0.2, 0.25) is 0 Å². The Kier molecular flexibility index (Phi) is 7.90. The van der Waals surface area contributed by atoms with E-state index in [-0.39, 0.29) is 35.1 Å². The summed E-state index contributed by atoms with van der Waals surface area (Å²) in [5.41, 5.74) is 4.84. The van der Waals surface area contributed by atoms with Crippen LogP contribution in [0, 0.1) is 5.92 Å². The molecule has 3 heterocycles. The molecular formula is C28H25F3N6O2S. The van der Waals surface area contributed by atoms with Gasteiger partial charge in [-0.1, -0.05) is 30.3 Å². The molecule has 0 aliphatic carbocycles. The molecule has 206 valence electrons. The second-order valence-electron chi connectivity index (χ2n) is 9.39. The number of amides is 1. The number of aromatic nitrogens is 3. The van der Waals surface area contributed by atoms with Crippen LogP contribution in [0.15, 0.2) is 66.3 Å². The van der Waals surface area contributed by atoms with Crippen LogP contribution in [0.4, 0.5) is 24.5 Å². The summed E-state index contributed by atoms with van der Waals surface area (Å²) in [7, 11) is 0. The molecule has 3 N–H and O–H groups in total. The zero-order chi connectivity index (χ0) is 28.3. The Morgan fingerprint density at radius 2 is 1.90 bits per heavy atom. The lowest BCUT2D eigenvalue weighted by Crippen LogP contribution is -2.40. The maximum atomic E-state index is 14.8. The van der Waals surface area contributed by atoms with Gasteiger partial charge in [0.25, 0.3) is 5.91 Å². The van der Waals surface area contributed by atoms with E-state index < -0.39 is 29.0 Å². The minimum absolute atomic E-state index is 0.0260. The number of anilines is 2. The first-order valence-corrected chi connectivity index (χ1v) is 13.5. The van der Waals surface area contributed by atoms with E-state index in [0.29, 0.717) is 30.1 Å². The highest BCUT2D eigenvalue weighted by Crippen LogP contribution is 2.45. The van der Waals surface area contributed by atoms with Gasteiger partial charge in [0.15, 0.2) is 5.78 Å². The largest absolute Gasteiger partial charge is 0.419 e. The molecule has 5 rings (SSSR count). The molecule has 1 atom stereocenters. The summed E-state index contributed by atoms with van der Waals surface area (Å²) in [5.74, 6) is -1.45. The molecular weight excluding hydrogens is 541 g/mol. The molecule has 0 spiro atoms. The topological polar surface area (TPSA) is 114 Å². The summed E-state index contributed by atoms with van der Waals surface area (Å²) in [4.78, 5) is 32.5. The number of ketones is 1. The van der Waals surface area contributed by atoms with Gasteiger partial charge >= 0.3 is 6.18 Å². The van der Waals surface area contributed by atoms with E-state index in [1.54, 1.807) is 29.2 Å². The van der Waals surface area contributed by atoms with E-state index in [4.69, 9.17) is 5.73 Å². The highest BCUT2D eigenvalue weighted by atomic mass is 32.1. The third-order valence-corrected chi connectivity index (χ3v) is 7.62. The fraction of sp³-hybridized carbons (Fsp3) is 0.250. The van der Waals surface area contributed by atoms with E-state index in [9.17, 15) is 22.8 Å². The monoisotopic (exact) mass is 566 g/mol. The SMILES string of the molecule is NC[C@@H]1CCCN(c2c(NC(=O)c3csc(-c4ccnnc4)n3)ccc(C(=O)c3ccccc3)c2C(F)(F)F)C1. The number of nitrogens with two attached hydrogens (primary N) is 1. The van der Waals surface area contributed by atoms with Gasteiger partial charge < -0.3 is 16.0 Å². The Morgan fingerprint density at radius 3 is 2.60 bits per heavy atom. The van der Waals surface area contributed by atoms with Crippen molar-refractivity contribution in [2.45, 2.75) is 19.0 Å². The lowest BCUT2D eigenvalue weighted by Gasteiger charge is -2.37. The van der Waals surface area contributed by atoms with Gasteiger partial charge in [0.05, 0.1) is 29.3 Å².